The van der Waals surface area contributed by atoms with Crippen LogP contribution >= 0.6 is 22.6 Å². The molecule has 202 valence electrons. The lowest BCUT2D eigenvalue weighted by molar-refractivity contribution is -0.295. The number of rotatable bonds is 8. The van der Waals surface area contributed by atoms with Crippen LogP contribution in [-0.4, -0.2) is 75.1 Å². The maximum atomic E-state index is 14.9. The fourth-order valence-corrected chi connectivity index (χ4v) is 5.62. The normalized spacial score (nSPS) is 30.2. The van der Waals surface area contributed by atoms with Crippen LogP contribution < -0.4 is 0 Å². The molecule has 4 aliphatic heterocycles. The van der Waals surface area contributed by atoms with Crippen molar-refractivity contribution in [2.24, 2.45) is 4.99 Å². The van der Waals surface area contributed by atoms with E-state index in [0.29, 0.717) is 31.9 Å². The zero-order valence-corrected chi connectivity index (χ0v) is 24.3. The van der Waals surface area contributed by atoms with Gasteiger partial charge in [0.15, 0.2) is 21.7 Å². The van der Waals surface area contributed by atoms with Gasteiger partial charge in [0, 0.05) is 32.7 Å². The molecule has 0 saturated carbocycles. The summed E-state index contributed by atoms with van der Waals surface area (Å²) in [4.78, 5) is 6.10. The molecule has 0 aliphatic carbocycles. The lowest BCUT2D eigenvalue weighted by atomic mass is 10.0. The van der Waals surface area contributed by atoms with Crippen molar-refractivity contribution >= 4 is 36.5 Å². The molecule has 1 aromatic rings. The molecule has 0 radical (unpaired) electrons. The van der Waals surface area contributed by atoms with Gasteiger partial charge in [-0.2, -0.15) is 5.12 Å². The summed E-state index contributed by atoms with van der Waals surface area (Å²) in [7, 11) is -1.29. The first kappa shape index (κ1) is 27.2. The number of allylic oxidation sites excluding steroid dienone is 2. The number of amidine groups is 1. The standard InChI is InChI=1S/C25H32F2IN3O5Si/c1-37(2,3)10-9-32-15-30-19-12-18(26)22(28)31(27)23(19)29-25(30)35-17-11-20-21(33-13-17)14-34-24(36-20)16-7-5-4-6-8-16/h4-8,12,17,20-21,24-25H,9-11,13-15H2,1-3H3/t17-,20+,21-,24?,25?/m1/s1. The van der Waals surface area contributed by atoms with Gasteiger partial charge < -0.3 is 28.6 Å². The molecule has 0 N–H and O–H groups in total. The zero-order valence-electron chi connectivity index (χ0n) is 21.1. The third-order valence-electron chi connectivity index (χ3n) is 6.59. The first-order chi connectivity index (χ1) is 17.7. The Morgan fingerprint density at radius 3 is 2.68 bits per heavy atom. The van der Waals surface area contributed by atoms with Gasteiger partial charge in [-0.25, -0.2) is 9.38 Å². The maximum Gasteiger partial charge on any atom is 0.232 e. The van der Waals surface area contributed by atoms with Gasteiger partial charge in [0.05, 0.1) is 31.1 Å². The molecule has 37 heavy (non-hydrogen) atoms. The molecule has 2 fully saturated rings. The average Bonchev–Trinajstić information content (AvgIpc) is 3.21. The second-order valence-electron chi connectivity index (χ2n) is 10.7. The van der Waals surface area contributed by atoms with Crippen molar-refractivity contribution in [3.63, 3.8) is 0 Å². The topological polar surface area (TPSA) is 65.0 Å². The molecule has 0 aromatic heterocycles. The fraction of sp³-hybridized carbons (Fsp3) is 0.560. The summed E-state index contributed by atoms with van der Waals surface area (Å²) in [6, 6.07) is 10.7. The Morgan fingerprint density at radius 1 is 1.14 bits per heavy atom. The molecule has 4 aliphatic rings. The van der Waals surface area contributed by atoms with E-state index in [9.17, 15) is 8.87 Å². The van der Waals surface area contributed by atoms with Crippen molar-refractivity contribution in [3.05, 3.63) is 57.2 Å². The summed E-state index contributed by atoms with van der Waals surface area (Å²) in [6.45, 7) is 8.20. The first-order valence-electron chi connectivity index (χ1n) is 12.4. The average molecular weight is 648 g/mol. The Balaban J connectivity index is 1.26. The van der Waals surface area contributed by atoms with E-state index in [1.54, 1.807) is 27.5 Å². The summed E-state index contributed by atoms with van der Waals surface area (Å²) >= 11 is 1.62. The lowest BCUT2D eigenvalue weighted by Gasteiger charge is -2.42. The van der Waals surface area contributed by atoms with E-state index in [4.69, 9.17) is 23.7 Å². The predicted octanol–water partition coefficient (Wildman–Crippen LogP) is 5.24. The van der Waals surface area contributed by atoms with E-state index >= 15 is 0 Å². The van der Waals surface area contributed by atoms with E-state index in [-0.39, 0.29) is 39.7 Å². The molecule has 5 atom stereocenters. The zero-order chi connectivity index (χ0) is 26.2. The van der Waals surface area contributed by atoms with Gasteiger partial charge in [-0.1, -0.05) is 54.5 Å². The number of benzene rings is 1. The summed E-state index contributed by atoms with van der Waals surface area (Å²) in [5, 5.41) is 0.253. The molecule has 1 aromatic carbocycles. The molecular weight excluding hydrogens is 615 g/mol. The maximum absolute atomic E-state index is 14.9. The molecule has 8 nitrogen and oxygen atoms in total. The van der Waals surface area contributed by atoms with Crippen molar-refractivity contribution in [2.45, 2.75) is 63.1 Å². The number of nitrogens with zero attached hydrogens (tertiary/aromatic N) is 3. The monoisotopic (exact) mass is 647 g/mol. The van der Waals surface area contributed by atoms with Crippen LogP contribution in [0.1, 0.15) is 18.3 Å². The van der Waals surface area contributed by atoms with E-state index < -0.39 is 26.5 Å². The van der Waals surface area contributed by atoms with Crippen LogP contribution in [0, 0.1) is 0 Å². The second kappa shape index (κ2) is 11.4. The minimum absolute atomic E-state index is 0.00524. The molecule has 4 heterocycles. The number of fused-ring (bicyclic) bond motifs is 2. The van der Waals surface area contributed by atoms with Gasteiger partial charge in [0.2, 0.25) is 6.35 Å². The van der Waals surface area contributed by atoms with E-state index in [1.807, 2.05) is 30.3 Å². The summed E-state index contributed by atoms with van der Waals surface area (Å²) in [6.07, 6.45) is -0.296. The Bertz CT molecular complexity index is 1070. The molecule has 0 spiro atoms. The lowest BCUT2D eigenvalue weighted by Crippen LogP contribution is -2.51. The van der Waals surface area contributed by atoms with Gasteiger partial charge in [0.25, 0.3) is 0 Å². The minimum Gasteiger partial charge on any atom is -0.370 e. The molecule has 5 rings (SSSR count). The Hall–Kier alpha value is -1.42. The van der Waals surface area contributed by atoms with Crippen LogP contribution in [0.15, 0.2) is 56.6 Å². The smallest absolute Gasteiger partial charge is 0.232 e. The Kier molecular flexibility index (Phi) is 8.34. The number of aliphatic imine (C=N–C) groups is 1. The van der Waals surface area contributed by atoms with E-state index in [2.05, 4.69) is 24.6 Å². The van der Waals surface area contributed by atoms with E-state index in [1.165, 1.54) is 6.08 Å². The van der Waals surface area contributed by atoms with Crippen molar-refractivity contribution in [2.75, 3.05) is 26.6 Å². The van der Waals surface area contributed by atoms with Crippen LogP contribution in [0.5, 0.6) is 0 Å². The number of hydrogen-bond acceptors (Lipinski definition) is 8. The molecule has 2 saturated heterocycles. The van der Waals surface area contributed by atoms with Gasteiger partial charge >= 0.3 is 0 Å². The van der Waals surface area contributed by atoms with Crippen molar-refractivity contribution in [1.29, 1.82) is 0 Å². The third kappa shape index (κ3) is 6.26. The molecule has 0 amide bonds. The van der Waals surface area contributed by atoms with E-state index in [0.717, 1.165) is 11.6 Å². The highest BCUT2D eigenvalue weighted by molar-refractivity contribution is 14.1. The van der Waals surface area contributed by atoms with Crippen LogP contribution in [0.2, 0.25) is 25.7 Å². The second-order valence-corrected chi connectivity index (χ2v) is 17.3. The number of ether oxygens (including phenoxy) is 5. The van der Waals surface area contributed by atoms with Gasteiger partial charge in [-0.05, 0) is 28.6 Å². The minimum atomic E-state index is -1.29. The summed E-state index contributed by atoms with van der Waals surface area (Å²) in [5.74, 6) is -0.665. The summed E-state index contributed by atoms with van der Waals surface area (Å²) < 4.78 is 59.4. The largest absolute Gasteiger partial charge is 0.370 e. The third-order valence-corrected chi connectivity index (χ3v) is 9.23. The van der Waals surface area contributed by atoms with Crippen molar-refractivity contribution in [1.82, 2.24) is 10.0 Å². The van der Waals surface area contributed by atoms with Crippen LogP contribution in [0.25, 0.3) is 0 Å². The van der Waals surface area contributed by atoms with Gasteiger partial charge in [-0.15, -0.1) is 0 Å². The Morgan fingerprint density at radius 2 is 1.92 bits per heavy atom. The highest BCUT2D eigenvalue weighted by Gasteiger charge is 2.43. The summed E-state index contributed by atoms with van der Waals surface area (Å²) in [5.41, 5.74) is 1.23. The van der Waals surface area contributed by atoms with Crippen molar-refractivity contribution < 1.29 is 32.6 Å². The van der Waals surface area contributed by atoms with Crippen LogP contribution in [0.3, 0.4) is 0 Å². The quantitative estimate of drug-likeness (QED) is 0.126. The molecule has 12 heteroatoms. The van der Waals surface area contributed by atoms with Crippen LogP contribution in [-0.2, 0) is 23.7 Å². The Labute approximate surface area is 230 Å². The van der Waals surface area contributed by atoms with Gasteiger partial charge in [-0.3, -0.25) is 0 Å². The molecule has 2 unspecified atom stereocenters. The highest BCUT2D eigenvalue weighted by Crippen LogP contribution is 2.37. The number of halogens is 3. The van der Waals surface area contributed by atoms with Crippen LogP contribution in [0.4, 0.5) is 8.87 Å². The van der Waals surface area contributed by atoms with Crippen molar-refractivity contribution in [3.8, 4) is 0 Å². The predicted molar refractivity (Wildman–Crippen MR) is 144 cm³/mol. The first-order valence-corrected chi connectivity index (χ1v) is 17.2. The fourth-order valence-electron chi connectivity index (χ4n) is 4.48. The highest BCUT2D eigenvalue weighted by atomic mass is 127. The van der Waals surface area contributed by atoms with Gasteiger partial charge in [0.1, 0.15) is 12.8 Å². The SMILES string of the molecule is C[Si](C)(C)CCOCN1C2=CC(F)=C(I)N(F)C2=NC1O[C@H]1CO[C@@H]2COC(c3ccccc3)O[C@H]2C1. The molecule has 0 bridgehead atoms. The molecular formula is C25H32F2IN3O5Si. The number of hydrogen-bond donors (Lipinski definition) is 0.